The molecule has 174 valence electrons. The number of aliphatic carboxylic acids is 1. The van der Waals surface area contributed by atoms with Crippen LogP contribution in [-0.2, 0) is 9.59 Å². The lowest BCUT2D eigenvalue weighted by Crippen LogP contribution is -2.52. The van der Waals surface area contributed by atoms with E-state index in [-0.39, 0.29) is 0 Å². The summed E-state index contributed by atoms with van der Waals surface area (Å²) in [6.45, 7) is 5.74. The van der Waals surface area contributed by atoms with Gasteiger partial charge in [0.15, 0.2) is 12.2 Å². The van der Waals surface area contributed by atoms with Crippen molar-refractivity contribution in [3.8, 4) is 0 Å². The summed E-state index contributed by atoms with van der Waals surface area (Å²) >= 11 is 0. The first-order valence-electron chi connectivity index (χ1n) is 10.8. The SMILES string of the molecule is CCCCCCCNC(=O)[C@@H](O)[C@H](O)[C@@H](O)[C@@H](O)C(=O)O.CCCCCCC[NH3+]. The van der Waals surface area contributed by atoms with Crippen molar-refractivity contribution in [1.29, 1.82) is 0 Å². The number of hydrogen-bond donors (Lipinski definition) is 7. The summed E-state index contributed by atoms with van der Waals surface area (Å²) < 4.78 is 0. The molecule has 0 aliphatic carbocycles. The van der Waals surface area contributed by atoms with Crippen LogP contribution in [0.15, 0.2) is 0 Å². The summed E-state index contributed by atoms with van der Waals surface area (Å²) in [5, 5.41) is 48.2. The number of aliphatic hydroxyl groups excluding tert-OH is 4. The highest BCUT2D eigenvalue weighted by Crippen LogP contribution is 2.06. The van der Waals surface area contributed by atoms with Crippen LogP contribution < -0.4 is 11.1 Å². The number of hydrogen-bond acceptors (Lipinski definition) is 6. The van der Waals surface area contributed by atoms with E-state index in [0.717, 1.165) is 38.6 Å². The quantitative estimate of drug-likeness (QED) is 0.168. The fourth-order valence-electron chi connectivity index (χ4n) is 2.50. The number of amides is 1. The van der Waals surface area contributed by atoms with E-state index in [1.165, 1.54) is 32.1 Å². The smallest absolute Gasteiger partial charge is 0.335 e. The zero-order valence-electron chi connectivity index (χ0n) is 18.1. The lowest BCUT2D eigenvalue weighted by molar-refractivity contribution is -0.368. The highest BCUT2D eigenvalue weighted by Gasteiger charge is 2.37. The van der Waals surface area contributed by atoms with Gasteiger partial charge in [-0.05, 0) is 19.3 Å². The van der Waals surface area contributed by atoms with Gasteiger partial charge < -0.3 is 36.6 Å². The van der Waals surface area contributed by atoms with Crippen molar-refractivity contribution in [3.05, 3.63) is 0 Å². The molecule has 0 saturated heterocycles. The Labute approximate surface area is 174 Å². The van der Waals surface area contributed by atoms with E-state index >= 15 is 0 Å². The topological polar surface area (TPSA) is 175 Å². The lowest BCUT2D eigenvalue weighted by Gasteiger charge is -2.23. The molecule has 0 aromatic heterocycles. The highest BCUT2D eigenvalue weighted by atomic mass is 16.4. The Morgan fingerprint density at radius 1 is 0.759 bits per heavy atom. The van der Waals surface area contributed by atoms with Gasteiger partial charge in [-0.3, -0.25) is 4.79 Å². The van der Waals surface area contributed by atoms with Crippen molar-refractivity contribution in [2.75, 3.05) is 13.1 Å². The molecule has 0 saturated carbocycles. The predicted octanol–water partition coefficient (Wildman–Crippen LogP) is -0.200. The number of rotatable bonds is 16. The zero-order chi connectivity index (χ0) is 22.7. The van der Waals surface area contributed by atoms with Crippen LogP contribution in [0.2, 0.25) is 0 Å². The minimum absolute atomic E-state index is 0.309. The normalized spacial score (nSPS) is 14.9. The average molecular weight is 424 g/mol. The second kappa shape index (κ2) is 20.0. The summed E-state index contributed by atoms with van der Waals surface area (Å²) in [6.07, 6.45) is 3.21. The Bertz CT molecular complexity index is 404. The number of quaternary nitrogens is 1. The van der Waals surface area contributed by atoms with Gasteiger partial charge in [-0.25, -0.2) is 4.79 Å². The number of carbonyl (C=O) groups excluding carboxylic acids is 1. The molecule has 0 heterocycles. The fraction of sp³-hybridized carbons (Fsp3) is 0.900. The van der Waals surface area contributed by atoms with Crippen molar-refractivity contribution in [1.82, 2.24) is 5.32 Å². The number of carboxylic acid groups (broad SMARTS) is 1. The molecule has 9 N–H and O–H groups in total. The van der Waals surface area contributed by atoms with E-state index in [0.29, 0.717) is 6.54 Å². The van der Waals surface area contributed by atoms with Crippen molar-refractivity contribution >= 4 is 11.9 Å². The van der Waals surface area contributed by atoms with Crippen LogP contribution in [0.25, 0.3) is 0 Å². The first kappa shape index (κ1) is 29.9. The summed E-state index contributed by atoms with van der Waals surface area (Å²) in [6, 6.07) is 0. The van der Waals surface area contributed by atoms with Crippen molar-refractivity contribution < 1.29 is 40.9 Å². The summed E-state index contributed by atoms with van der Waals surface area (Å²) in [5.74, 6) is -2.68. The second-order valence-corrected chi connectivity index (χ2v) is 7.18. The average Bonchev–Trinajstić information content (AvgIpc) is 2.71. The van der Waals surface area contributed by atoms with Gasteiger partial charge in [0.2, 0.25) is 0 Å². The lowest BCUT2D eigenvalue weighted by atomic mass is 10.0. The van der Waals surface area contributed by atoms with E-state index in [9.17, 15) is 24.9 Å². The molecule has 0 aromatic rings. The van der Waals surface area contributed by atoms with Gasteiger partial charge in [-0.1, -0.05) is 58.8 Å². The third kappa shape index (κ3) is 16.2. The minimum atomic E-state index is -2.28. The standard InChI is InChI=1S/C13H25NO7.C7H17N/c1-2-3-4-5-6-7-14-12(19)10(17)8(15)9(16)11(18)13(20)21;1-2-3-4-5-6-7-8/h8-11,15-18H,2-7H2,1H3,(H,14,19)(H,20,21);2-8H2,1H3/p+1/t8-,9-,10+,11-;/m1./s1. The second-order valence-electron chi connectivity index (χ2n) is 7.18. The third-order valence-electron chi connectivity index (χ3n) is 4.45. The van der Waals surface area contributed by atoms with E-state index in [2.05, 4.69) is 24.9 Å². The maximum atomic E-state index is 11.5. The van der Waals surface area contributed by atoms with Gasteiger partial charge in [-0.2, -0.15) is 0 Å². The first-order valence-corrected chi connectivity index (χ1v) is 10.8. The van der Waals surface area contributed by atoms with Gasteiger partial charge in [0.25, 0.3) is 5.91 Å². The molecule has 1 amide bonds. The number of unbranched alkanes of at least 4 members (excludes halogenated alkanes) is 8. The maximum Gasteiger partial charge on any atom is 0.335 e. The van der Waals surface area contributed by atoms with Crippen LogP contribution >= 0.6 is 0 Å². The van der Waals surface area contributed by atoms with E-state index in [1.54, 1.807) is 0 Å². The van der Waals surface area contributed by atoms with E-state index in [1.807, 2.05) is 0 Å². The molecule has 0 radical (unpaired) electrons. The summed E-state index contributed by atoms with van der Waals surface area (Å²) in [5.41, 5.74) is 3.78. The monoisotopic (exact) mass is 423 g/mol. The zero-order valence-corrected chi connectivity index (χ0v) is 18.1. The van der Waals surface area contributed by atoms with Gasteiger partial charge >= 0.3 is 5.97 Å². The molecule has 0 rings (SSSR count). The first-order chi connectivity index (χ1) is 13.7. The largest absolute Gasteiger partial charge is 0.479 e. The van der Waals surface area contributed by atoms with Crippen LogP contribution in [0, 0.1) is 0 Å². The number of carbonyl (C=O) groups is 2. The molecule has 0 fully saturated rings. The fourth-order valence-corrected chi connectivity index (χ4v) is 2.50. The molecule has 9 heteroatoms. The van der Waals surface area contributed by atoms with Crippen LogP contribution in [0.1, 0.15) is 78.1 Å². The van der Waals surface area contributed by atoms with Crippen LogP contribution in [0.5, 0.6) is 0 Å². The Hall–Kier alpha value is -1.26. The van der Waals surface area contributed by atoms with Crippen molar-refractivity contribution in [2.45, 2.75) is 102 Å². The van der Waals surface area contributed by atoms with Crippen LogP contribution in [0.4, 0.5) is 0 Å². The molecule has 9 nitrogen and oxygen atoms in total. The number of carboxylic acids is 1. The van der Waals surface area contributed by atoms with Crippen LogP contribution in [-0.4, -0.2) is 74.9 Å². The van der Waals surface area contributed by atoms with Gasteiger partial charge in [0.1, 0.15) is 12.2 Å². The molecule has 0 aromatic carbocycles. The maximum absolute atomic E-state index is 11.5. The molecule has 0 unspecified atom stereocenters. The Balaban J connectivity index is 0. The number of nitrogens with one attached hydrogen (secondary N) is 1. The molecular formula is C20H43N2O7+. The third-order valence-corrected chi connectivity index (χ3v) is 4.45. The Kier molecular flexibility index (Phi) is 20.7. The molecular weight excluding hydrogens is 380 g/mol. The minimum Gasteiger partial charge on any atom is -0.479 e. The summed E-state index contributed by atoms with van der Waals surface area (Å²) in [4.78, 5) is 21.9. The molecule has 4 atom stereocenters. The Morgan fingerprint density at radius 3 is 1.66 bits per heavy atom. The summed E-state index contributed by atoms with van der Waals surface area (Å²) in [7, 11) is 0. The van der Waals surface area contributed by atoms with E-state index < -0.39 is 36.3 Å². The van der Waals surface area contributed by atoms with Crippen molar-refractivity contribution in [3.63, 3.8) is 0 Å². The van der Waals surface area contributed by atoms with Gasteiger partial charge in [0.05, 0.1) is 6.54 Å². The van der Waals surface area contributed by atoms with Gasteiger partial charge in [-0.15, -0.1) is 0 Å². The van der Waals surface area contributed by atoms with Crippen LogP contribution in [0.3, 0.4) is 0 Å². The predicted molar refractivity (Wildman–Crippen MR) is 110 cm³/mol. The molecule has 0 spiro atoms. The molecule has 0 aliphatic rings. The Morgan fingerprint density at radius 2 is 1.21 bits per heavy atom. The molecule has 29 heavy (non-hydrogen) atoms. The van der Waals surface area contributed by atoms with Crippen molar-refractivity contribution in [2.24, 2.45) is 0 Å². The number of aliphatic hydroxyl groups is 4. The van der Waals surface area contributed by atoms with E-state index in [4.69, 9.17) is 10.2 Å². The highest BCUT2D eigenvalue weighted by molar-refractivity contribution is 5.81. The van der Waals surface area contributed by atoms with Gasteiger partial charge in [0, 0.05) is 6.54 Å². The molecule has 0 aliphatic heterocycles. The molecule has 0 bridgehead atoms.